The predicted molar refractivity (Wildman–Crippen MR) is 235 cm³/mol. The van der Waals surface area contributed by atoms with Crippen molar-refractivity contribution < 1.29 is 0 Å². The highest BCUT2D eigenvalue weighted by Gasteiger charge is 2.22. The minimum Gasteiger partial charge on any atom is -0.308 e. The zero-order chi connectivity index (χ0) is 35.6. The molecule has 0 aliphatic carbocycles. The second kappa shape index (κ2) is 12.4. The second-order valence-electron chi connectivity index (χ2n) is 14.0. The lowest BCUT2D eigenvalue weighted by Gasteiger charge is -2.28. The van der Waals surface area contributed by atoms with Crippen molar-refractivity contribution in [3.63, 3.8) is 0 Å². The molecule has 0 unspecified atom stereocenters. The summed E-state index contributed by atoms with van der Waals surface area (Å²) < 4.78 is 2.62. The first kappa shape index (κ1) is 30.8. The normalized spacial score (nSPS) is 11.7. The van der Waals surface area contributed by atoms with Crippen LogP contribution < -0.4 is 4.90 Å². The Morgan fingerprint density at radius 3 is 1.46 bits per heavy atom. The quantitative estimate of drug-likeness (QED) is 0.161. The largest absolute Gasteiger partial charge is 0.308 e. The van der Waals surface area contributed by atoms with Crippen LogP contribution in [0.15, 0.2) is 200 Å². The number of nitrogens with zero attached hydrogens (tertiary/aromatic N) is 1. The molecule has 11 aromatic rings. The summed E-state index contributed by atoms with van der Waals surface area (Å²) in [5.74, 6) is 0. The molecule has 0 N–H and O–H groups in total. The van der Waals surface area contributed by atoms with Crippen molar-refractivity contribution in [3.05, 3.63) is 200 Å². The number of benzene rings is 10. The molecular weight excluding hydrogens is 671 g/mol. The van der Waals surface area contributed by atoms with E-state index >= 15 is 0 Å². The number of hydrogen-bond acceptors (Lipinski definition) is 2. The van der Waals surface area contributed by atoms with Gasteiger partial charge in [0.05, 0.1) is 16.1 Å². The van der Waals surface area contributed by atoms with Gasteiger partial charge in [-0.25, -0.2) is 0 Å². The number of rotatable bonds is 5. The first-order chi connectivity index (χ1) is 26.8. The van der Waals surface area contributed by atoms with Crippen LogP contribution in [0, 0.1) is 0 Å². The van der Waals surface area contributed by atoms with E-state index in [1.165, 1.54) is 91.2 Å². The molecule has 1 heterocycles. The van der Waals surface area contributed by atoms with Crippen LogP contribution >= 0.6 is 11.3 Å². The van der Waals surface area contributed by atoms with Crippen molar-refractivity contribution in [2.24, 2.45) is 0 Å². The molecule has 0 fully saturated rings. The molecule has 0 radical (unpaired) electrons. The Bertz CT molecular complexity index is 3210. The Morgan fingerprint density at radius 2 is 0.759 bits per heavy atom. The highest BCUT2D eigenvalue weighted by molar-refractivity contribution is 7.27. The fourth-order valence-corrected chi connectivity index (χ4v) is 9.96. The summed E-state index contributed by atoms with van der Waals surface area (Å²) in [7, 11) is 0. The first-order valence-corrected chi connectivity index (χ1v) is 19.3. The molecule has 0 atom stereocenters. The van der Waals surface area contributed by atoms with Gasteiger partial charge in [-0.3, -0.25) is 0 Å². The first-order valence-electron chi connectivity index (χ1n) is 18.5. The molecule has 0 saturated heterocycles. The Kier molecular flexibility index (Phi) is 7.11. The third-order valence-electron chi connectivity index (χ3n) is 11.0. The smallest absolute Gasteiger partial charge is 0.0640 e. The highest BCUT2D eigenvalue weighted by Crippen LogP contribution is 2.49. The van der Waals surface area contributed by atoms with Crippen LogP contribution in [0.3, 0.4) is 0 Å². The minimum absolute atomic E-state index is 1.12. The van der Waals surface area contributed by atoms with E-state index in [0.717, 1.165) is 11.4 Å². The van der Waals surface area contributed by atoms with Gasteiger partial charge in [0.2, 0.25) is 0 Å². The standard InChI is InChI=1S/C52H33NS/c1-2-16-36(17-3-1)49-43-23-10-8-21-41(43)42-22-9-11-24-44(42)50(49)37-28-31-38(32-29-37)53(47-26-12-18-34-14-4-6-19-39(34)47)48-27-13-25-45-46-33-30-35-15-5-7-20-40(35)51(46)54-52(45)48/h1-33H. The summed E-state index contributed by atoms with van der Waals surface area (Å²) in [6, 6.07) is 73.4. The lowest BCUT2D eigenvalue weighted by atomic mass is 9.85. The fourth-order valence-electron chi connectivity index (χ4n) is 8.62. The van der Waals surface area contributed by atoms with Crippen molar-refractivity contribution in [2.75, 3.05) is 4.90 Å². The molecule has 0 bridgehead atoms. The molecule has 1 aromatic heterocycles. The van der Waals surface area contributed by atoms with E-state index in [1.807, 2.05) is 11.3 Å². The van der Waals surface area contributed by atoms with Gasteiger partial charge in [-0.2, -0.15) is 0 Å². The van der Waals surface area contributed by atoms with Crippen LogP contribution in [0.2, 0.25) is 0 Å². The third-order valence-corrected chi connectivity index (χ3v) is 12.3. The van der Waals surface area contributed by atoms with Crippen LogP contribution in [-0.4, -0.2) is 0 Å². The van der Waals surface area contributed by atoms with Crippen LogP contribution in [-0.2, 0) is 0 Å². The molecule has 0 spiro atoms. The number of hydrogen-bond donors (Lipinski definition) is 0. The second-order valence-corrected chi connectivity index (χ2v) is 15.0. The number of thiophene rings is 1. The maximum Gasteiger partial charge on any atom is 0.0640 e. The summed E-state index contributed by atoms with van der Waals surface area (Å²) in [5, 5.41) is 12.7. The summed E-state index contributed by atoms with van der Waals surface area (Å²) in [6.45, 7) is 0. The van der Waals surface area contributed by atoms with Gasteiger partial charge >= 0.3 is 0 Å². The zero-order valence-electron chi connectivity index (χ0n) is 29.4. The molecule has 0 amide bonds. The molecule has 10 aromatic carbocycles. The van der Waals surface area contributed by atoms with E-state index in [0.29, 0.717) is 0 Å². The minimum atomic E-state index is 1.12. The monoisotopic (exact) mass is 703 g/mol. The molecular formula is C52H33NS. The zero-order valence-corrected chi connectivity index (χ0v) is 30.2. The molecule has 252 valence electrons. The summed E-state index contributed by atoms with van der Waals surface area (Å²) in [4.78, 5) is 2.47. The van der Waals surface area contributed by atoms with Crippen LogP contribution in [0.1, 0.15) is 0 Å². The molecule has 11 rings (SSSR count). The van der Waals surface area contributed by atoms with Gasteiger partial charge < -0.3 is 4.90 Å². The van der Waals surface area contributed by atoms with Crippen LogP contribution in [0.4, 0.5) is 17.1 Å². The Balaban J connectivity index is 1.17. The predicted octanol–water partition coefficient (Wildman–Crippen LogP) is 15.5. The van der Waals surface area contributed by atoms with Crippen molar-refractivity contribution >= 4 is 91.7 Å². The topological polar surface area (TPSA) is 3.24 Å². The Hall–Kier alpha value is -6.74. The van der Waals surface area contributed by atoms with Crippen molar-refractivity contribution in [1.29, 1.82) is 0 Å². The van der Waals surface area contributed by atoms with Gasteiger partial charge in [-0.15, -0.1) is 11.3 Å². The highest BCUT2D eigenvalue weighted by atomic mass is 32.1. The Morgan fingerprint density at radius 1 is 0.278 bits per heavy atom. The molecule has 0 aliphatic heterocycles. The third kappa shape index (κ3) is 4.78. The van der Waals surface area contributed by atoms with E-state index in [4.69, 9.17) is 0 Å². The van der Waals surface area contributed by atoms with Crippen molar-refractivity contribution in [2.45, 2.75) is 0 Å². The molecule has 1 nitrogen and oxygen atoms in total. The lowest BCUT2D eigenvalue weighted by molar-refractivity contribution is 1.32. The molecule has 2 heteroatoms. The number of fused-ring (bicyclic) bond motifs is 9. The van der Waals surface area contributed by atoms with Gasteiger partial charge in [-0.05, 0) is 84.2 Å². The summed E-state index contributed by atoms with van der Waals surface area (Å²) in [6.07, 6.45) is 0. The van der Waals surface area contributed by atoms with Crippen molar-refractivity contribution in [1.82, 2.24) is 0 Å². The van der Waals surface area contributed by atoms with Gasteiger partial charge in [0, 0.05) is 26.5 Å². The maximum absolute atomic E-state index is 2.47. The molecule has 0 aliphatic rings. The van der Waals surface area contributed by atoms with E-state index in [-0.39, 0.29) is 0 Å². The van der Waals surface area contributed by atoms with Gasteiger partial charge in [0.15, 0.2) is 0 Å². The van der Waals surface area contributed by atoms with Gasteiger partial charge in [0.1, 0.15) is 0 Å². The maximum atomic E-state index is 2.47. The molecule has 0 saturated carbocycles. The average Bonchev–Trinajstić information content (AvgIpc) is 3.64. The van der Waals surface area contributed by atoms with Crippen LogP contribution in [0.5, 0.6) is 0 Å². The Labute approximate surface area is 317 Å². The number of anilines is 3. The van der Waals surface area contributed by atoms with Crippen molar-refractivity contribution in [3.8, 4) is 22.3 Å². The van der Waals surface area contributed by atoms with E-state index in [9.17, 15) is 0 Å². The summed E-state index contributed by atoms with van der Waals surface area (Å²) >= 11 is 1.90. The van der Waals surface area contributed by atoms with Gasteiger partial charge in [0.25, 0.3) is 0 Å². The fraction of sp³-hybridized carbons (Fsp3) is 0. The summed E-state index contributed by atoms with van der Waals surface area (Å²) in [5.41, 5.74) is 8.42. The van der Waals surface area contributed by atoms with Crippen LogP contribution in [0.25, 0.3) is 85.5 Å². The van der Waals surface area contributed by atoms with E-state index < -0.39 is 0 Å². The SMILES string of the molecule is c1ccc(-c2c(-c3ccc(N(c4cccc5ccccc45)c4cccc5c4sc4c6ccccc6ccc54)cc3)c3ccccc3c3ccccc23)cc1. The van der Waals surface area contributed by atoms with E-state index in [1.54, 1.807) is 0 Å². The van der Waals surface area contributed by atoms with E-state index in [2.05, 4.69) is 205 Å². The molecule has 54 heavy (non-hydrogen) atoms. The lowest BCUT2D eigenvalue weighted by Crippen LogP contribution is -2.10. The van der Waals surface area contributed by atoms with Gasteiger partial charge in [-0.1, -0.05) is 176 Å². The average molecular weight is 704 g/mol.